The Balaban J connectivity index is 1.89. The summed E-state index contributed by atoms with van der Waals surface area (Å²) in [4.78, 5) is 4.98. The molecule has 3 nitrogen and oxygen atoms in total. The standard InChI is InChI=1S/C11H21ClN2O/c1-9-6-13-4-2-3-10(13)7-14(9)8-11(15)5-12/h9-11,15H,2-8H2,1H3. The fourth-order valence-corrected chi connectivity index (χ4v) is 2.92. The molecule has 3 atom stereocenters. The average molecular weight is 233 g/mol. The van der Waals surface area contributed by atoms with E-state index in [1.807, 2.05) is 0 Å². The van der Waals surface area contributed by atoms with E-state index in [0.29, 0.717) is 11.9 Å². The number of fused-ring (bicyclic) bond motifs is 1. The smallest absolute Gasteiger partial charge is 0.0802 e. The van der Waals surface area contributed by atoms with Crippen LogP contribution < -0.4 is 0 Å². The Kier molecular flexibility index (Phi) is 3.88. The summed E-state index contributed by atoms with van der Waals surface area (Å²) in [5.74, 6) is 0.345. The van der Waals surface area contributed by atoms with Gasteiger partial charge in [0.25, 0.3) is 0 Å². The van der Waals surface area contributed by atoms with E-state index in [9.17, 15) is 5.11 Å². The van der Waals surface area contributed by atoms with Crippen LogP contribution in [0.5, 0.6) is 0 Å². The van der Waals surface area contributed by atoms with Crippen LogP contribution >= 0.6 is 11.6 Å². The largest absolute Gasteiger partial charge is 0.391 e. The third kappa shape index (κ3) is 2.64. The lowest BCUT2D eigenvalue weighted by atomic mass is 10.1. The number of β-amino-alcohol motifs (C(OH)–C–C–N with tert-alkyl or cyclic N) is 1. The minimum Gasteiger partial charge on any atom is -0.391 e. The quantitative estimate of drug-likeness (QED) is 0.728. The molecule has 88 valence electrons. The van der Waals surface area contributed by atoms with Gasteiger partial charge in [0.2, 0.25) is 0 Å². The first-order valence-electron chi connectivity index (χ1n) is 5.93. The highest BCUT2D eigenvalue weighted by atomic mass is 35.5. The Hall–Kier alpha value is 0.170. The zero-order valence-electron chi connectivity index (χ0n) is 9.40. The van der Waals surface area contributed by atoms with Gasteiger partial charge in [-0.1, -0.05) is 0 Å². The number of alkyl halides is 1. The van der Waals surface area contributed by atoms with Crippen LogP contribution in [0.2, 0.25) is 0 Å². The second-order valence-corrected chi connectivity index (χ2v) is 5.21. The molecule has 15 heavy (non-hydrogen) atoms. The number of hydrogen-bond acceptors (Lipinski definition) is 3. The van der Waals surface area contributed by atoms with E-state index in [4.69, 9.17) is 11.6 Å². The second-order valence-electron chi connectivity index (χ2n) is 4.90. The van der Waals surface area contributed by atoms with E-state index in [0.717, 1.165) is 25.7 Å². The lowest BCUT2D eigenvalue weighted by Crippen LogP contribution is -2.56. The van der Waals surface area contributed by atoms with E-state index >= 15 is 0 Å². The van der Waals surface area contributed by atoms with Crippen LogP contribution in [0.25, 0.3) is 0 Å². The molecular formula is C11H21ClN2O. The zero-order chi connectivity index (χ0) is 10.8. The van der Waals surface area contributed by atoms with Gasteiger partial charge in [-0.2, -0.15) is 0 Å². The van der Waals surface area contributed by atoms with Crippen molar-refractivity contribution in [3.05, 3.63) is 0 Å². The van der Waals surface area contributed by atoms with Crippen molar-refractivity contribution in [3.8, 4) is 0 Å². The molecule has 0 aromatic heterocycles. The van der Waals surface area contributed by atoms with Gasteiger partial charge >= 0.3 is 0 Å². The topological polar surface area (TPSA) is 26.7 Å². The van der Waals surface area contributed by atoms with Gasteiger partial charge in [0.15, 0.2) is 0 Å². The molecule has 4 heteroatoms. The minimum atomic E-state index is -0.373. The molecule has 2 rings (SSSR count). The van der Waals surface area contributed by atoms with Crippen molar-refractivity contribution in [2.45, 2.75) is 38.0 Å². The van der Waals surface area contributed by atoms with Crippen molar-refractivity contribution < 1.29 is 5.11 Å². The van der Waals surface area contributed by atoms with Gasteiger partial charge in [-0.15, -0.1) is 11.6 Å². The summed E-state index contributed by atoms with van der Waals surface area (Å²) in [6, 6.07) is 1.28. The maximum Gasteiger partial charge on any atom is 0.0802 e. The SMILES string of the molecule is CC1CN2CCCC2CN1CC(O)CCl. The Morgan fingerprint density at radius 2 is 2.27 bits per heavy atom. The minimum absolute atomic E-state index is 0.345. The van der Waals surface area contributed by atoms with Crippen molar-refractivity contribution in [3.63, 3.8) is 0 Å². The maximum atomic E-state index is 9.58. The van der Waals surface area contributed by atoms with Crippen LogP contribution in [0.15, 0.2) is 0 Å². The Morgan fingerprint density at radius 1 is 1.47 bits per heavy atom. The lowest BCUT2D eigenvalue weighted by molar-refractivity contribution is 0.0288. The highest BCUT2D eigenvalue weighted by Gasteiger charge is 2.34. The molecule has 3 unspecified atom stereocenters. The van der Waals surface area contributed by atoms with Crippen LogP contribution in [0.1, 0.15) is 19.8 Å². The number of halogens is 1. The molecule has 2 saturated heterocycles. The van der Waals surface area contributed by atoms with Crippen LogP contribution in [0.3, 0.4) is 0 Å². The van der Waals surface area contributed by atoms with Crippen molar-refractivity contribution in [2.75, 3.05) is 32.1 Å². The molecule has 0 aliphatic carbocycles. The van der Waals surface area contributed by atoms with Crippen molar-refractivity contribution in [2.24, 2.45) is 0 Å². The molecule has 2 aliphatic rings. The maximum absolute atomic E-state index is 9.58. The number of nitrogens with zero attached hydrogens (tertiary/aromatic N) is 2. The van der Waals surface area contributed by atoms with Gasteiger partial charge in [-0.05, 0) is 26.3 Å². The van der Waals surface area contributed by atoms with Crippen LogP contribution in [-0.4, -0.2) is 65.2 Å². The van der Waals surface area contributed by atoms with Crippen molar-refractivity contribution in [1.29, 1.82) is 0 Å². The Bertz CT molecular complexity index is 215. The molecule has 0 aromatic carbocycles. The normalized spacial score (nSPS) is 35.4. The molecule has 0 radical (unpaired) electrons. The van der Waals surface area contributed by atoms with Gasteiger partial charge in [0, 0.05) is 37.6 Å². The zero-order valence-corrected chi connectivity index (χ0v) is 10.2. The monoisotopic (exact) mass is 232 g/mol. The molecule has 0 amide bonds. The van der Waals surface area contributed by atoms with Gasteiger partial charge in [-0.3, -0.25) is 9.80 Å². The van der Waals surface area contributed by atoms with E-state index in [1.54, 1.807) is 0 Å². The molecule has 0 spiro atoms. The molecule has 2 aliphatic heterocycles. The lowest BCUT2D eigenvalue weighted by Gasteiger charge is -2.42. The molecule has 0 saturated carbocycles. The summed E-state index contributed by atoms with van der Waals surface area (Å²) in [5.41, 5.74) is 0. The molecule has 2 heterocycles. The summed E-state index contributed by atoms with van der Waals surface area (Å²) in [7, 11) is 0. The summed E-state index contributed by atoms with van der Waals surface area (Å²) in [6.45, 7) is 6.50. The Labute approximate surface area is 97.0 Å². The van der Waals surface area contributed by atoms with Crippen LogP contribution in [-0.2, 0) is 0 Å². The van der Waals surface area contributed by atoms with E-state index < -0.39 is 0 Å². The molecule has 0 aromatic rings. The van der Waals surface area contributed by atoms with Crippen LogP contribution in [0.4, 0.5) is 0 Å². The first-order valence-corrected chi connectivity index (χ1v) is 6.46. The first kappa shape index (κ1) is 11.6. The summed E-state index contributed by atoms with van der Waals surface area (Å²) in [6.07, 6.45) is 2.28. The van der Waals surface area contributed by atoms with E-state index in [2.05, 4.69) is 16.7 Å². The predicted molar refractivity (Wildman–Crippen MR) is 62.4 cm³/mol. The van der Waals surface area contributed by atoms with Gasteiger partial charge in [0.05, 0.1) is 6.10 Å². The van der Waals surface area contributed by atoms with Crippen molar-refractivity contribution in [1.82, 2.24) is 9.80 Å². The average Bonchev–Trinajstić information content (AvgIpc) is 2.65. The van der Waals surface area contributed by atoms with Gasteiger partial charge in [-0.25, -0.2) is 0 Å². The van der Waals surface area contributed by atoms with Crippen LogP contribution in [0, 0.1) is 0 Å². The first-order chi connectivity index (χ1) is 7.20. The second kappa shape index (κ2) is 5.00. The molecule has 2 fully saturated rings. The Morgan fingerprint density at radius 3 is 3.00 bits per heavy atom. The molecule has 0 bridgehead atoms. The summed E-state index contributed by atoms with van der Waals surface area (Å²) in [5, 5.41) is 9.58. The highest BCUT2D eigenvalue weighted by molar-refractivity contribution is 6.18. The van der Waals surface area contributed by atoms with E-state index in [1.165, 1.54) is 19.4 Å². The predicted octanol–water partition coefficient (Wildman–Crippen LogP) is 0.755. The van der Waals surface area contributed by atoms with Crippen molar-refractivity contribution >= 4 is 11.6 Å². The third-order valence-corrected chi connectivity index (χ3v) is 4.05. The van der Waals surface area contributed by atoms with Gasteiger partial charge < -0.3 is 5.11 Å². The highest BCUT2D eigenvalue weighted by Crippen LogP contribution is 2.24. The number of aliphatic hydroxyl groups excluding tert-OH is 1. The summed E-state index contributed by atoms with van der Waals surface area (Å²) < 4.78 is 0. The third-order valence-electron chi connectivity index (χ3n) is 3.69. The number of hydrogen-bond donors (Lipinski definition) is 1. The molecular weight excluding hydrogens is 212 g/mol. The van der Waals surface area contributed by atoms with Gasteiger partial charge in [0.1, 0.15) is 0 Å². The fraction of sp³-hybridized carbons (Fsp3) is 1.00. The number of rotatable bonds is 3. The number of aliphatic hydroxyl groups is 1. The van der Waals surface area contributed by atoms with E-state index in [-0.39, 0.29) is 6.10 Å². The number of piperazine rings is 1. The summed E-state index contributed by atoms with van der Waals surface area (Å²) >= 11 is 5.64. The molecule has 1 N–H and O–H groups in total. The fourth-order valence-electron chi connectivity index (χ4n) is 2.82.